The second-order valence-electron chi connectivity index (χ2n) is 8.64. The van der Waals surface area contributed by atoms with Crippen LogP contribution in [0.2, 0.25) is 0 Å². The van der Waals surface area contributed by atoms with Crippen LogP contribution in [0.5, 0.6) is 0 Å². The van der Waals surface area contributed by atoms with Gasteiger partial charge in [-0.05, 0) is 42.8 Å². The summed E-state index contributed by atoms with van der Waals surface area (Å²) >= 11 is 0. The van der Waals surface area contributed by atoms with Crippen LogP contribution in [0, 0.1) is 5.82 Å². The van der Waals surface area contributed by atoms with Crippen LogP contribution >= 0.6 is 0 Å². The molecule has 0 atom stereocenters. The monoisotopic (exact) mass is 565 g/mol. The van der Waals surface area contributed by atoms with Crippen molar-refractivity contribution in [2.75, 3.05) is 19.5 Å². The second-order valence-corrected chi connectivity index (χ2v) is 10.5. The number of H-pyrrole nitrogens is 1. The summed E-state index contributed by atoms with van der Waals surface area (Å²) in [6.45, 7) is -0.237. The summed E-state index contributed by atoms with van der Waals surface area (Å²) in [6, 6.07) is 10.9. The van der Waals surface area contributed by atoms with Crippen molar-refractivity contribution in [3.05, 3.63) is 93.8 Å². The van der Waals surface area contributed by atoms with Gasteiger partial charge in [-0.1, -0.05) is 18.2 Å². The maximum absolute atomic E-state index is 14.6. The van der Waals surface area contributed by atoms with Crippen LogP contribution in [-0.4, -0.2) is 43.3 Å². The first-order chi connectivity index (χ1) is 18.4. The van der Waals surface area contributed by atoms with Crippen molar-refractivity contribution in [3.8, 4) is 11.1 Å². The SMILES string of the molecule is COCCCS(=O)(=O)NC(=O)c1c(-c2ccc[nH]c2=O)c2cc(C(F)(F)F)ccc2n1Cc1ccccc1F. The van der Waals surface area contributed by atoms with E-state index in [2.05, 4.69) is 4.98 Å². The van der Waals surface area contributed by atoms with E-state index in [4.69, 9.17) is 4.74 Å². The summed E-state index contributed by atoms with van der Waals surface area (Å²) in [6.07, 6.45) is -3.39. The number of aromatic amines is 1. The minimum absolute atomic E-state index is 0.0615. The smallest absolute Gasteiger partial charge is 0.385 e. The summed E-state index contributed by atoms with van der Waals surface area (Å²) in [5.74, 6) is -2.31. The van der Waals surface area contributed by atoms with Crippen molar-refractivity contribution in [1.82, 2.24) is 14.3 Å². The topological polar surface area (TPSA) is 110 Å². The fourth-order valence-electron chi connectivity index (χ4n) is 4.25. The highest BCUT2D eigenvalue weighted by atomic mass is 32.2. The number of nitrogens with one attached hydrogen (secondary N) is 2. The Labute approximate surface area is 220 Å². The predicted octanol–water partition coefficient (Wildman–Crippen LogP) is 4.30. The third kappa shape index (κ3) is 6.04. The van der Waals surface area contributed by atoms with Gasteiger partial charge in [0.15, 0.2) is 0 Å². The summed E-state index contributed by atoms with van der Waals surface area (Å²) in [4.78, 5) is 28.8. The molecule has 2 aromatic heterocycles. The molecule has 2 aromatic carbocycles. The van der Waals surface area contributed by atoms with Gasteiger partial charge >= 0.3 is 6.18 Å². The highest BCUT2D eigenvalue weighted by molar-refractivity contribution is 7.90. The van der Waals surface area contributed by atoms with E-state index < -0.39 is 50.5 Å². The first-order valence-electron chi connectivity index (χ1n) is 11.6. The summed E-state index contributed by atoms with van der Waals surface area (Å²) in [5.41, 5.74) is -2.44. The zero-order valence-corrected chi connectivity index (χ0v) is 21.3. The fourth-order valence-corrected chi connectivity index (χ4v) is 5.23. The van der Waals surface area contributed by atoms with Gasteiger partial charge in [0.1, 0.15) is 11.5 Å². The zero-order valence-electron chi connectivity index (χ0n) is 20.5. The van der Waals surface area contributed by atoms with Gasteiger partial charge in [0.2, 0.25) is 10.0 Å². The third-order valence-electron chi connectivity index (χ3n) is 5.99. The Morgan fingerprint density at radius 3 is 2.51 bits per heavy atom. The Morgan fingerprint density at radius 1 is 1.10 bits per heavy atom. The third-order valence-corrected chi connectivity index (χ3v) is 7.31. The van der Waals surface area contributed by atoms with Gasteiger partial charge in [0, 0.05) is 47.5 Å². The highest BCUT2D eigenvalue weighted by Crippen LogP contribution is 2.38. The molecule has 0 bridgehead atoms. The molecular formula is C26H23F4N3O5S. The van der Waals surface area contributed by atoms with Crippen molar-refractivity contribution in [3.63, 3.8) is 0 Å². The number of methoxy groups -OCH3 is 1. The molecule has 4 rings (SSSR count). The van der Waals surface area contributed by atoms with Crippen LogP contribution in [0.3, 0.4) is 0 Å². The van der Waals surface area contributed by atoms with E-state index in [0.29, 0.717) is 0 Å². The number of pyridine rings is 1. The number of hydrogen-bond acceptors (Lipinski definition) is 5. The number of rotatable bonds is 9. The van der Waals surface area contributed by atoms with Crippen LogP contribution in [-0.2, 0) is 27.5 Å². The van der Waals surface area contributed by atoms with Crippen molar-refractivity contribution >= 4 is 26.8 Å². The van der Waals surface area contributed by atoms with E-state index in [1.54, 1.807) is 0 Å². The molecule has 206 valence electrons. The first kappa shape index (κ1) is 28.0. The molecule has 0 aliphatic carbocycles. The number of hydrogen-bond donors (Lipinski definition) is 2. The fraction of sp³-hybridized carbons (Fsp3) is 0.231. The quantitative estimate of drug-likeness (QED) is 0.232. The van der Waals surface area contributed by atoms with Gasteiger partial charge in [-0.15, -0.1) is 0 Å². The molecule has 2 N–H and O–H groups in total. The lowest BCUT2D eigenvalue weighted by molar-refractivity contribution is -0.137. The molecule has 0 saturated carbocycles. The van der Waals surface area contributed by atoms with Gasteiger partial charge in [0.25, 0.3) is 11.5 Å². The average molecular weight is 566 g/mol. The zero-order chi connectivity index (χ0) is 28.4. The van der Waals surface area contributed by atoms with Crippen molar-refractivity contribution in [2.45, 2.75) is 19.1 Å². The number of carbonyl (C=O) groups is 1. The number of sulfonamides is 1. The highest BCUT2D eigenvalue weighted by Gasteiger charge is 2.33. The molecule has 0 saturated heterocycles. The number of carbonyl (C=O) groups excluding carboxylic acids is 1. The van der Waals surface area contributed by atoms with E-state index in [-0.39, 0.29) is 47.2 Å². The Bertz CT molecular complexity index is 1690. The standard InChI is InChI=1S/C26H23F4N3O5S/c1-38-12-5-13-39(36,37)32-25(35)23-22(18-7-4-11-31-24(18)34)19-14-17(26(28,29)30)9-10-21(19)33(23)15-16-6-2-3-8-20(16)27/h2-4,6-11,14H,5,12-13,15H2,1H3,(H,31,34)(H,32,35). The van der Waals surface area contributed by atoms with Gasteiger partial charge in [-0.3, -0.25) is 9.59 Å². The van der Waals surface area contributed by atoms with E-state index in [0.717, 1.165) is 18.2 Å². The summed E-state index contributed by atoms with van der Waals surface area (Å²) in [5, 5.41) is -0.139. The van der Waals surface area contributed by atoms with E-state index in [9.17, 15) is 35.6 Å². The number of aromatic nitrogens is 2. The molecule has 0 radical (unpaired) electrons. The summed E-state index contributed by atoms with van der Waals surface area (Å²) in [7, 11) is -2.83. The number of nitrogens with zero attached hydrogens (tertiary/aromatic N) is 1. The van der Waals surface area contributed by atoms with Gasteiger partial charge in [0.05, 0.1) is 17.9 Å². The molecule has 0 aliphatic heterocycles. The van der Waals surface area contributed by atoms with E-state index in [1.165, 1.54) is 54.3 Å². The lowest BCUT2D eigenvalue weighted by Crippen LogP contribution is -2.34. The normalized spacial score (nSPS) is 12.1. The maximum Gasteiger partial charge on any atom is 0.416 e. The van der Waals surface area contributed by atoms with Crippen LogP contribution in [0.25, 0.3) is 22.0 Å². The molecular weight excluding hydrogens is 542 g/mol. The summed E-state index contributed by atoms with van der Waals surface area (Å²) < 4.78 is 89.0. The molecule has 0 fully saturated rings. The molecule has 0 unspecified atom stereocenters. The number of fused-ring (bicyclic) bond motifs is 1. The minimum Gasteiger partial charge on any atom is -0.385 e. The van der Waals surface area contributed by atoms with Crippen LogP contribution < -0.4 is 10.3 Å². The van der Waals surface area contributed by atoms with Gasteiger partial charge < -0.3 is 14.3 Å². The van der Waals surface area contributed by atoms with Crippen LogP contribution in [0.4, 0.5) is 17.6 Å². The van der Waals surface area contributed by atoms with E-state index in [1.807, 2.05) is 4.72 Å². The number of amides is 1. The molecule has 4 aromatic rings. The Hall–Kier alpha value is -3.97. The van der Waals surface area contributed by atoms with Crippen molar-refractivity contribution in [2.24, 2.45) is 0 Å². The molecule has 0 spiro atoms. The van der Waals surface area contributed by atoms with Crippen LogP contribution in [0.1, 0.15) is 28.0 Å². The number of ether oxygens (including phenoxy) is 1. The Balaban J connectivity index is 2.02. The lowest BCUT2D eigenvalue weighted by Gasteiger charge is -2.14. The van der Waals surface area contributed by atoms with E-state index >= 15 is 0 Å². The van der Waals surface area contributed by atoms with Crippen molar-refractivity contribution in [1.29, 1.82) is 0 Å². The number of halogens is 4. The number of alkyl halides is 3. The van der Waals surface area contributed by atoms with Crippen LogP contribution in [0.15, 0.2) is 65.6 Å². The maximum atomic E-state index is 14.6. The Morgan fingerprint density at radius 2 is 1.85 bits per heavy atom. The Kier molecular flexibility index (Phi) is 7.93. The van der Waals surface area contributed by atoms with Gasteiger partial charge in [-0.2, -0.15) is 13.2 Å². The molecule has 39 heavy (non-hydrogen) atoms. The molecule has 2 heterocycles. The lowest BCUT2D eigenvalue weighted by atomic mass is 10.0. The van der Waals surface area contributed by atoms with Crippen molar-refractivity contribution < 1.29 is 35.5 Å². The molecule has 1 amide bonds. The minimum atomic E-state index is -4.75. The molecule has 13 heteroatoms. The average Bonchev–Trinajstić information content (AvgIpc) is 3.18. The number of benzene rings is 2. The second kappa shape index (κ2) is 11.0. The van der Waals surface area contributed by atoms with Gasteiger partial charge in [-0.25, -0.2) is 17.5 Å². The predicted molar refractivity (Wildman–Crippen MR) is 136 cm³/mol. The first-order valence-corrected chi connectivity index (χ1v) is 13.3. The largest absolute Gasteiger partial charge is 0.416 e. The molecule has 0 aliphatic rings. The molecule has 8 nitrogen and oxygen atoms in total.